The molecule has 4 amide bonds. The molecule has 0 fully saturated rings. The molecule has 2 aromatic carbocycles. The lowest BCUT2D eigenvalue weighted by molar-refractivity contribution is -0.142. The summed E-state index contributed by atoms with van der Waals surface area (Å²) < 4.78 is 0. The van der Waals surface area contributed by atoms with Crippen LogP contribution in [0.25, 0.3) is 0 Å². The van der Waals surface area contributed by atoms with Crippen LogP contribution >= 0.6 is 0 Å². The van der Waals surface area contributed by atoms with Gasteiger partial charge in [-0.05, 0) is 42.0 Å². The number of hydrogen-bond acceptors (Lipinski definition) is 7. The Morgan fingerprint density at radius 1 is 0.750 bits per heavy atom. The number of carboxylic acid groups (broad SMARTS) is 1. The molecule has 3 atom stereocenters. The van der Waals surface area contributed by atoms with Crippen LogP contribution < -0.4 is 27.0 Å². The summed E-state index contributed by atoms with van der Waals surface area (Å²) in [7, 11) is 0. The third-order valence-electron chi connectivity index (χ3n) is 5.85. The number of nitrogens with two attached hydrogens (primary N) is 1. The maximum Gasteiger partial charge on any atom is 0.326 e. The van der Waals surface area contributed by atoms with Crippen molar-refractivity contribution in [2.45, 2.75) is 51.2 Å². The molecular weight excluding hydrogens is 518 g/mol. The highest BCUT2D eigenvalue weighted by atomic mass is 16.4. The molecule has 0 spiro atoms. The Kier molecular flexibility index (Phi) is 12.6. The van der Waals surface area contributed by atoms with E-state index in [-0.39, 0.29) is 30.9 Å². The minimum atomic E-state index is -1.18. The van der Waals surface area contributed by atoms with Crippen LogP contribution in [0.4, 0.5) is 0 Å². The standard InChI is InChI=1S/C28H37N5O7/c1-17(2)12-23(28(39)40)33-27(38)22(14-18-6-4-3-5-7-18)32-25(36)16-30-24(35)15-31-26(37)21(29)13-19-8-10-20(34)11-9-19/h3-11,17,21-23,34H,12-16,29H2,1-2H3,(H,30,35)(H,31,37)(H,32,36)(H,33,38)(H,39,40)/t21-,22-,23+/m1/s1. The number of carbonyl (C=O) groups is 5. The fourth-order valence-corrected chi connectivity index (χ4v) is 3.79. The number of benzene rings is 2. The zero-order valence-corrected chi connectivity index (χ0v) is 22.6. The lowest BCUT2D eigenvalue weighted by Gasteiger charge is -2.22. The Morgan fingerprint density at radius 2 is 1.35 bits per heavy atom. The van der Waals surface area contributed by atoms with Crippen molar-refractivity contribution in [1.82, 2.24) is 21.3 Å². The SMILES string of the molecule is CC(C)C[C@H](NC(=O)[C@@H](Cc1ccccc1)NC(=O)CNC(=O)CNC(=O)[C@H](N)Cc1ccc(O)cc1)C(=O)O. The number of phenols is 1. The second-order valence-corrected chi connectivity index (χ2v) is 9.81. The number of aromatic hydroxyl groups is 1. The number of aliphatic carboxylic acids is 1. The monoisotopic (exact) mass is 555 g/mol. The summed E-state index contributed by atoms with van der Waals surface area (Å²) in [6.07, 6.45) is 0.518. The Bertz CT molecular complexity index is 1160. The van der Waals surface area contributed by atoms with Crippen LogP contribution in [0.2, 0.25) is 0 Å². The third-order valence-corrected chi connectivity index (χ3v) is 5.85. The maximum atomic E-state index is 13.0. The molecular formula is C28H37N5O7. The van der Waals surface area contributed by atoms with Gasteiger partial charge in [0.1, 0.15) is 17.8 Å². The van der Waals surface area contributed by atoms with Gasteiger partial charge in [0.2, 0.25) is 23.6 Å². The van der Waals surface area contributed by atoms with E-state index in [0.717, 1.165) is 11.1 Å². The van der Waals surface area contributed by atoms with Gasteiger partial charge in [0.15, 0.2) is 0 Å². The summed E-state index contributed by atoms with van der Waals surface area (Å²) in [6.45, 7) is 2.78. The van der Waals surface area contributed by atoms with E-state index in [9.17, 15) is 34.2 Å². The molecule has 0 saturated carbocycles. The van der Waals surface area contributed by atoms with Gasteiger partial charge in [-0.15, -0.1) is 0 Å². The van der Waals surface area contributed by atoms with Crippen molar-refractivity contribution in [2.24, 2.45) is 11.7 Å². The van der Waals surface area contributed by atoms with Crippen molar-refractivity contribution in [2.75, 3.05) is 13.1 Å². The summed E-state index contributed by atoms with van der Waals surface area (Å²) >= 11 is 0. The van der Waals surface area contributed by atoms with Gasteiger partial charge in [0.25, 0.3) is 0 Å². The number of hydrogen-bond donors (Lipinski definition) is 7. The fourth-order valence-electron chi connectivity index (χ4n) is 3.79. The number of carbonyl (C=O) groups excluding carboxylic acids is 4. The molecule has 0 aromatic heterocycles. The second kappa shape index (κ2) is 15.8. The molecule has 0 heterocycles. The van der Waals surface area contributed by atoms with Gasteiger partial charge < -0.3 is 37.2 Å². The number of amides is 4. The van der Waals surface area contributed by atoms with E-state index in [4.69, 9.17) is 5.73 Å². The van der Waals surface area contributed by atoms with Crippen LogP contribution in [-0.4, -0.2) is 71.0 Å². The largest absolute Gasteiger partial charge is 0.508 e. The van der Waals surface area contributed by atoms with Crippen LogP contribution in [0.1, 0.15) is 31.4 Å². The molecule has 8 N–H and O–H groups in total. The number of carboxylic acids is 1. The molecule has 0 saturated heterocycles. The summed E-state index contributed by atoms with van der Waals surface area (Å²) in [4.78, 5) is 61.6. The molecule has 2 aromatic rings. The number of rotatable bonds is 15. The number of phenolic OH excluding ortho intramolecular Hbond substituents is 1. The Morgan fingerprint density at radius 3 is 1.95 bits per heavy atom. The van der Waals surface area contributed by atoms with E-state index in [0.29, 0.717) is 0 Å². The van der Waals surface area contributed by atoms with Gasteiger partial charge in [-0.2, -0.15) is 0 Å². The van der Waals surface area contributed by atoms with Gasteiger partial charge in [-0.25, -0.2) is 4.79 Å². The smallest absolute Gasteiger partial charge is 0.326 e. The Hall–Kier alpha value is -4.45. The molecule has 0 aliphatic heterocycles. The fraction of sp³-hybridized carbons (Fsp3) is 0.393. The van der Waals surface area contributed by atoms with E-state index in [1.54, 1.807) is 42.5 Å². The minimum Gasteiger partial charge on any atom is -0.508 e. The Labute approximate surface area is 232 Å². The second-order valence-electron chi connectivity index (χ2n) is 9.81. The van der Waals surface area contributed by atoms with Crippen molar-refractivity contribution < 1.29 is 34.2 Å². The van der Waals surface area contributed by atoms with Gasteiger partial charge in [0, 0.05) is 6.42 Å². The van der Waals surface area contributed by atoms with E-state index in [1.807, 2.05) is 13.8 Å². The molecule has 216 valence electrons. The molecule has 2 rings (SSSR count). The van der Waals surface area contributed by atoms with Gasteiger partial charge in [0.05, 0.1) is 19.1 Å². The molecule has 0 unspecified atom stereocenters. The van der Waals surface area contributed by atoms with Crippen LogP contribution in [0.3, 0.4) is 0 Å². The zero-order valence-electron chi connectivity index (χ0n) is 22.6. The normalized spacial score (nSPS) is 13.0. The molecule has 0 aliphatic carbocycles. The van der Waals surface area contributed by atoms with Crippen molar-refractivity contribution in [1.29, 1.82) is 0 Å². The van der Waals surface area contributed by atoms with E-state index in [1.165, 1.54) is 12.1 Å². The van der Waals surface area contributed by atoms with Crippen LogP contribution in [0.5, 0.6) is 5.75 Å². The molecule has 12 nitrogen and oxygen atoms in total. The van der Waals surface area contributed by atoms with Crippen molar-refractivity contribution in [3.8, 4) is 5.75 Å². The third kappa shape index (κ3) is 11.5. The molecule has 40 heavy (non-hydrogen) atoms. The molecule has 12 heteroatoms. The average Bonchev–Trinajstić information content (AvgIpc) is 2.91. The van der Waals surface area contributed by atoms with Crippen LogP contribution in [-0.2, 0) is 36.8 Å². The zero-order chi connectivity index (χ0) is 29.7. The summed E-state index contributed by atoms with van der Waals surface area (Å²) in [5.74, 6) is -3.62. The van der Waals surface area contributed by atoms with E-state index in [2.05, 4.69) is 21.3 Å². The lowest BCUT2D eigenvalue weighted by Crippen LogP contribution is -2.54. The molecule has 0 aliphatic rings. The van der Waals surface area contributed by atoms with E-state index >= 15 is 0 Å². The minimum absolute atomic E-state index is 0.0154. The first kappa shape index (κ1) is 31.8. The topological polar surface area (TPSA) is 200 Å². The van der Waals surface area contributed by atoms with Crippen LogP contribution in [0.15, 0.2) is 54.6 Å². The number of nitrogens with one attached hydrogen (secondary N) is 4. The summed E-state index contributed by atoms with van der Waals surface area (Å²) in [5, 5.41) is 28.6. The van der Waals surface area contributed by atoms with Gasteiger partial charge in [-0.3, -0.25) is 19.2 Å². The first-order valence-electron chi connectivity index (χ1n) is 12.9. The predicted octanol–water partition coefficient (Wildman–Crippen LogP) is -0.163. The van der Waals surface area contributed by atoms with Crippen LogP contribution in [0, 0.1) is 5.92 Å². The average molecular weight is 556 g/mol. The quantitative estimate of drug-likeness (QED) is 0.157. The van der Waals surface area contributed by atoms with Crippen molar-refractivity contribution >= 4 is 29.6 Å². The van der Waals surface area contributed by atoms with E-state index < -0.39 is 60.8 Å². The van der Waals surface area contributed by atoms with Gasteiger partial charge >= 0.3 is 5.97 Å². The first-order chi connectivity index (χ1) is 18.9. The Balaban J connectivity index is 1.88. The predicted molar refractivity (Wildman–Crippen MR) is 147 cm³/mol. The van der Waals surface area contributed by atoms with Crippen molar-refractivity contribution in [3.63, 3.8) is 0 Å². The summed E-state index contributed by atoms with van der Waals surface area (Å²) in [6, 6.07) is 12.0. The highest BCUT2D eigenvalue weighted by Crippen LogP contribution is 2.11. The summed E-state index contributed by atoms with van der Waals surface area (Å²) in [5.41, 5.74) is 7.35. The highest BCUT2D eigenvalue weighted by molar-refractivity contribution is 5.93. The molecule has 0 radical (unpaired) electrons. The first-order valence-corrected chi connectivity index (χ1v) is 12.9. The molecule has 0 bridgehead atoms. The van der Waals surface area contributed by atoms with Gasteiger partial charge in [-0.1, -0.05) is 56.3 Å². The lowest BCUT2D eigenvalue weighted by atomic mass is 10.0. The van der Waals surface area contributed by atoms with Crippen molar-refractivity contribution in [3.05, 3.63) is 65.7 Å². The highest BCUT2D eigenvalue weighted by Gasteiger charge is 2.27. The maximum absolute atomic E-state index is 13.0.